The molecule has 0 saturated heterocycles. The molecule has 0 heterocycles. The molecule has 3 atom stereocenters. The van der Waals surface area contributed by atoms with E-state index in [-0.39, 0.29) is 0 Å². The van der Waals surface area contributed by atoms with E-state index in [1.54, 1.807) is 7.11 Å². The molecule has 130 valence electrons. The Morgan fingerprint density at radius 2 is 1.88 bits per heavy atom. The van der Waals surface area contributed by atoms with Crippen molar-refractivity contribution in [2.75, 3.05) is 12.4 Å². The van der Waals surface area contributed by atoms with Crippen LogP contribution in [0.5, 0.6) is 11.5 Å². The second-order valence-corrected chi connectivity index (χ2v) is 7.07. The second-order valence-electron chi connectivity index (χ2n) is 7.07. The van der Waals surface area contributed by atoms with Crippen molar-refractivity contribution in [2.24, 2.45) is 11.8 Å². The molecule has 4 nitrogen and oxygen atoms in total. The minimum atomic E-state index is -0.517. The summed E-state index contributed by atoms with van der Waals surface area (Å²) in [5, 5.41) is 2.72. The number of carbonyl (C=O) groups is 1. The molecule has 2 aromatic carbocycles. The van der Waals surface area contributed by atoms with Crippen LogP contribution in [0.3, 0.4) is 0 Å². The Morgan fingerprint density at radius 1 is 1.04 bits per heavy atom. The minimum Gasteiger partial charge on any atom is -0.493 e. The lowest BCUT2D eigenvalue weighted by atomic mass is 9.83. The Morgan fingerprint density at radius 3 is 2.56 bits per heavy atom. The van der Waals surface area contributed by atoms with Crippen molar-refractivity contribution in [3.63, 3.8) is 0 Å². The highest BCUT2D eigenvalue weighted by Crippen LogP contribution is 2.53. The van der Waals surface area contributed by atoms with Crippen molar-refractivity contribution >= 4 is 11.8 Å². The average molecular weight is 337 g/mol. The highest BCUT2D eigenvalue weighted by atomic mass is 16.6. The molecular formula is C21H23NO3. The number of para-hydroxylation sites is 1. The normalized spacial score (nSPS) is 24.1. The first-order chi connectivity index (χ1) is 12.2. The number of anilines is 1. The van der Waals surface area contributed by atoms with Gasteiger partial charge in [0.2, 0.25) is 0 Å². The lowest BCUT2D eigenvalue weighted by Crippen LogP contribution is -2.17. The first-order valence-corrected chi connectivity index (χ1v) is 8.94. The fraction of sp³-hybridized carbons (Fsp3) is 0.381. The van der Waals surface area contributed by atoms with Gasteiger partial charge in [0.15, 0.2) is 11.5 Å². The van der Waals surface area contributed by atoms with Gasteiger partial charge < -0.3 is 9.47 Å². The monoisotopic (exact) mass is 337 g/mol. The van der Waals surface area contributed by atoms with Crippen LogP contribution < -0.4 is 14.8 Å². The summed E-state index contributed by atoms with van der Waals surface area (Å²) in [6, 6.07) is 15.2. The Labute approximate surface area is 148 Å². The summed E-state index contributed by atoms with van der Waals surface area (Å²) in [5.74, 6) is 3.39. The summed E-state index contributed by atoms with van der Waals surface area (Å²) in [4.78, 5) is 12.1. The molecule has 0 aromatic heterocycles. The number of nitrogens with one attached hydrogen (secondary N) is 1. The van der Waals surface area contributed by atoms with Crippen LogP contribution in [0.1, 0.15) is 37.2 Å². The molecule has 0 aliphatic heterocycles. The first kappa shape index (κ1) is 16.0. The van der Waals surface area contributed by atoms with E-state index in [0.29, 0.717) is 23.1 Å². The Bertz CT molecular complexity index is 759. The minimum absolute atomic E-state index is 0.447. The maximum atomic E-state index is 12.1. The number of carbonyl (C=O) groups excluding carboxylic acids is 1. The van der Waals surface area contributed by atoms with Gasteiger partial charge in [0.1, 0.15) is 0 Å². The molecular weight excluding hydrogens is 314 g/mol. The number of amides is 1. The quantitative estimate of drug-likeness (QED) is 0.833. The van der Waals surface area contributed by atoms with Crippen LogP contribution in [0.15, 0.2) is 48.5 Å². The molecule has 1 amide bonds. The summed E-state index contributed by atoms with van der Waals surface area (Å²) in [5.41, 5.74) is 2.00. The Hall–Kier alpha value is -2.49. The largest absolute Gasteiger partial charge is 0.493 e. The van der Waals surface area contributed by atoms with E-state index in [2.05, 4.69) is 11.4 Å². The van der Waals surface area contributed by atoms with Crippen LogP contribution in [0.4, 0.5) is 10.5 Å². The lowest BCUT2D eigenvalue weighted by molar-refractivity contribution is 0.213. The molecule has 0 radical (unpaired) electrons. The van der Waals surface area contributed by atoms with Crippen LogP contribution in [-0.2, 0) is 0 Å². The van der Waals surface area contributed by atoms with Crippen molar-refractivity contribution in [3.05, 3.63) is 54.1 Å². The molecule has 2 aromatic rings. The summed E-state index contributed by atoms with van der Waals surface area (Å²) in [6.07, 6.45) is 4.86. The van der Waals surface area contributed by atoms with Crippen molar-refractivity contribution in [1.29, 1.82) is 0 Å². The van der Waals surface area contributed by atoms with Crippen molar-refractivity contribution in [3.8, 4) is 11.5 Å². The molecule has 2 aliphatic rings. The van der Waals surface area contributed by atoms with E-state index in [4.69, 9.17) is 9.47 Å². The number of benzene rings is 2. The van der Waals surface area contributed by atoms with Gasteiger partial charge in [-0.15, -0.1) is 0 Å². The zero-order valence-corrected chi connectivity index (χ0v) is 14.4. The number of methoxy groups -OCH3 is 1. The maximum Gasteiger partial charge on any atom is 0.417 e. The van der Waals surface area contributed by atoms with Gasteiger partial charge in [0.25, 0.3) is 0 Å². The average Bonchev–Trinajstić information content (AvgIpc) is 3.26. The van der Waals surface area contributed by atoms with Crippen LogP contribution in [0.25, 0.3) is 0 Å². The standard InChI is InChI=1S/C21H23NO3/c1-24-20-13-16(18-12-14-7-8-15(18)11-14)9-10-19(20)25-21(23)22-17-5-3-2-4-6-17/h2-6,9-10,13-15,18H,7-8,11-12H2,1H3,(H,22,23)/t14-,15-,18+/m1/s1. The van der Waals surface area contributed by atoms with E-state index >= 15 is 0 Å². The number of hydrogen-bond donors (Lipinski definition) is 1. The third-order valence-electron chi connectivity index (χ3n) is 5.58. The van der Waals surface area contributed by atoms with Crippen LogP contribution in [-0.4, -0.2) is 13.2 Å². The highest BCUT2D eigenvalue weighted by molar-refractivity contribution is 5.86. The third kappa shape index (κ3) is 3.34. The molecule has 4 rings (SSSR count). The van der Waals surface area contributed by atoms with E-state index in [1.165, 1.54) is 31.2 Å². The summed E-state index contributed by atoms with van der Waals surface area (Å²) < 4.78 is 10.9. The van der Waals surface area contributed by atoms with Gasteiger partial charge in [0.05, 0.1) is 7.11 Å². The molecule has 1 N–H and O–H groups in total. The van der Waals surface area contributed by atoms with Gasteiger partial charge in [-0.05, 0) is 66.8 Å². The van der Waals surface area contributed by atoms with E-state index in [0.717, 1.165) is 11.8 Å². The van der Waals surface area contributed by atoms with E-state index < -0.39 is 6.09 Å². The number of fused-ring (bicyclic) bond motifs is 2. The van der Waals surface area contributed by atoms with Gasteiger partial charge in [0, 0.05) is 5.69 Å². The zero-order valence-electron chi connectivity index (χ0n) is 14.4. The fourth-order valence-electron chi connectivity index (χ4n) is 4.42. The van der Waals surface area contributed by atoms with Crippen molar-refractivity contribution < 1.29 is 14.3 Å². The maximum absolute atomic E-state index is 12.1. The van der Waals surface area contributed by atoms with E-state index in [1.807, 2.05) is 42.5 Å². The third-order valence-corrected chi connectivity index (χ3v) is 5.58. The molecule has 2 aliphatic carbocycles. The van der Waals surface area contributed by atoms with Crippen LogP contribution in [0, 0.1) is 11.8 Å². The zero-order chi connectivity index (χ0) is 17.2. The van der Waals surface area contributed by atoms with Crippen LogP contribution >= 0.6 is 0 Å². The fourth-order valence-corrected chi connectivity index (χ4v) is 4.42. The predicted octanol–water partition coefficient (Wildman–Crippen LogP) is 5.21. The Kier molecular flexibility index (Phi) is 4.35. The number of ether oxygens (including phenoxy) is 2. The van der Waals surface area contributed by atoms with Gasteiger partial charge in [-0.25, -0.2) is 4.79 Å². The smallest absolute Gasteiger partial charge is 0.417 e. The first-order valence-electron chi connectivity index (χ1n) is 8.94. The highest BCUT2D eigenvalue weighted by Gasteiger charge is 2.40. The molecule has 0 spiro atoms. The van der Waals surface area contributed by atoms with Crippen molar-refractivity contribution in [1.82, 2.24) is 0 Å². The summed E-state index contributed by atoms with van der Waals surface area (Å²) in [7, 11) is 1.61. The van der Waals surface area contributed by atoms with Gasteiger partial charge in [-0.1, -0.05) is 30.7 Å². The Balaban J connectivity index is 1.47. The van der Waals surface area contributed by atoms with Crippen LogP contribution in [0.2, 0.25) is 0 Å². The number of rotatable bonds is 4. The molecule has 2 saturated carbocycles. The molecule has 0 unspecified atom stereocenters. The summed E-state index contributed by atoms with van der Waals surface area (Å²) >= 11 is 0. The van der Waals surface area contributed by atoms with Gasteiger partial charge in [-0.3, -0.25) is 5.32 Å². The topological polar surface area (TPSA) is 47.6 Å². The molecule has 2 fully saturated rings. The van der Waals surface area contributed by atoms with Crippen molar-refractivity contribution in [2.45, 2.75) is 31.6 Å². The number of hydrogen-bond acceptors (Lipinski definition) is 3. The SMILES string of the molecule is COc1cc([C@H]2C[C@@H]3CC[C@@H]2C3)ccc1OC(=O)Nc1ccccc1. The predicted molar refractivity (Wildman–Crippen MR) is 97.3 cm³/mol. The summed E-state index contributed by atoms with van der Waals surface area (Å²) in [6.45, 7) is 0. The second kappa shape index (κ2) is 6.79. The van der Waals surface area contributed by atoms with Gasteiger partial charge >= 0.3 is 6.09 Å². The lowest BCUT2D eigenvalue weighted by Gasteiger charge is -2.23. The molecule has 2 bridgehead atoms. The van der Waals surface area contributed by atoms with E-state index in [9.17, 15) is 4.79 Å². The molecule has 4 heteroatoms. The molecule has 25 heavy (non-hydrogen) atoms. The van der Waals surface area contributed by atoms with Gasteiger partial charge in [-0.2, -0.15) is 0 Å².